The first-order valence-corrected chi connectivity index (χ1v) is 5.95. The van der Waals surface area contributed by atoms with Crippen molar-refractivity contribution in [3.63, 3.8) is 0 Å². The molecule has 1 saturated heterocycles. The van der Waals surface area contributed by atoms with Crippen LogP contribution in [0.5, 0.6) is 0 Å². The van der Waals surface area contributed by atoms with Crippen molar-refractivity contribution in [3.05, 3.63) is 29.6 Å². The molecule has 18 heavy (non-hydrogen) atoms. The van der Waals surface area contributed by atoms with Gasteiger partial charge in [-0.15, -0.1) is 0 Å². The van der Waals surface area contributed by atoms with Gasteiger partial charge in [0.05, 0.1) is 6.54 Å². The van der Waals surface area contributed by atoms with E-state index < -0.39 is 5.82 Å². The zero-order valence-electron chi connectivity index (χ0n) is 9.99. The number of nitrogens with zero attached hydrogens (tertiary/aromatic N) is 1. The van der Waals surface area contributed by atoms with E-state index in [1.807, 2.05) is 0 Å². The number of anilines is 1. The number of benzene rings is 1. The number of hydrogen-bond donors (Lipinski definition) is 1. The molecule has 5 heteroatoms. The first kappa shape index (κ1) is 12.5. The SMILES string of the molecule is Nc1ccc(CN2C(=O)CCCCC2=O)c(F)c1. The minimum absolute atomic E-state index is 0.0101. The standard InChI is InChI=1S/C13H15FN2O2/c14-11-7-10(15)6-5-9(11)8-16-12(17)3-1-2-4-13(16)18/h5-7H,1-4,8,15H2. The highest BCUT2D eigenvalue weighted by Crippen LogP contribution is 2.18. The predicted molar refractivity (Wildman–Crippen MR) is 64.8 cm³/mol. The summed E-state index contributed by atoms with van der Waals surface area (Å²) in [5, 5.41) is 0. The lowest BCUT2D eigenvalue weighted by molar-refractivity contribution is -0.144. The van der Waals surface area contributed by atoms with Gasteiger partial charge in [-0.25, -0.2) is 4.39 Å². The fraction of sp³-hybridized carbons (Fsp3) is 0.385. The van der Waals surface area contributed by atoms with E-state index in [2.05, 4.69) is 0 Å². The maximum atomic E-state index is 13.6. The molecule has 1 aliphatic heterocycles. The van der Waals surface area contributed by atoms with E-state index in [4.69, 9.17) is 5.73 Å². The van der Waals surface area contributed by atoms with Gasteiger partial charge in [0.25, 0.3) is 0 Å². The highest BCUT2D eigenvalue weighted by atomic mass is 19.1. The second kappa shape index (κ2) is 5.16. The van der Waals surface area contributed by atoms with Crippen LogP contribution in [0.1, 0.15) is 31.2 Å². The molecule has 2 amide bonds. The van der Waals surface area contributed by atoms with Crippen molar-refractivity contribution in [1.82, 2.24) is 4.90 Å². The minimum atomic E-state index is -0.486. The molecule has 1 aliphatic rings. The molecular formula is C13H15FN2O2. The summed E-state index contributed by atoms with van der Waals surface area (Å²) in [5.74, 6) is -0.942. The van der Waals surface area contributed by atoms with Crippen LogP contribution in [0.4, 0.5) is 10.1 Å². The third kappa shape index (κ3) is 2.67. The molecule has 0 saturated carbocycles. The summed E-state index contributed by atoms with van der Waals surface area (Å²) in [5.41, 5.74) is 6.09. The number of halogens is 1. The van der Waals surface area contributed by atoms with E-state index in [0.717, 1.165) is 4.90 Å². The van der Waals surface area contributed by atoms with Crippen molar-refractivity contribution < 1.29 is 14.0 Å². The normalized spacial score (nSPS) is 16.8. The lowest BCUT2D eigenvalue weighted by Crippen LogP contribution is -2.34. The van der Waals surface area contributed by atoms with Crippen LogP contribution in [-0.2, 0) is 16.1 Å². The van der Waals surface area contributed by atoms with Crippen LogP contribution in [0.2, 0.25) is 0 Å². The Bertz CT molecular complexity index is 470. The largest absolute Gasteiger partial charge is 0.399 e. The highest BCUT2D eigenvalue weighted by molar-refractivity contribution is 5.95. The van der Waals surface area contributed by atoms with Crippen molar-refractivity contribution >= 4 is 17.5 Å². The quantitative estimate of drug-likeness (QED) is 0.643. The second-order valence-electron chi connectivity index (χ2n) is 4.43. The lowest BCUT2D eigenvalue weighted by atomic mass is 10.1. The van der Waals surface area contributed by atoms with E-state index in [-0.39, 0.29) is 18.4 Å². The van der Waals surface area contributed by atoms with E-state index in [9.17, 15) is 14.0 Å². The minimum Gasteiger partial charge on any atom is -0.399 e. The third-order valence-corrected chi connectivity index (χ3v) is 3.04. The molecule has 2 rings (SSSR count). The van der Waals surface area contributed by atoms with Crippen LogP contribution in [0, 0.1) is 5.82 Å². The van der Waals surface area contributed by atoms with Gasteiger partial charge in [0.1, 0.15) is 5.82 Å². The van der Waals surface area contributed by atoms with E-state index >= 15 is 0 Å². The lowest BCUT2D eigenvalue weighted by Gasteiger charge is -2.19. The topological polar surface area (TPSA) is 63.4 Å². The summed E-state index contributed by atoms with van der Waals surface area (Å²) in [7, 11) is 0. The van der Waals surface area contributed by atoms with Gasteiger partial charge >= 0.3 is 0 Å². The fourth-order valence-electron chi connectivity index (χ4n) is 2.00. The molecule has 1 heterocycles. The smallest absolute Gasteiger partial charge is 0.229 e. The molecule has 0 unspecified atom stereocenters. The highest BCUT2D eigenvalue weighted by Gasteiger charge is 2.24. The van der Waals surface area contributed by atoms with Gasteiger partial charge in [0.2, 0.25) is 11.8 Å². The molecular weight excluding hydrogens is 235 g/mol. The van der Waals surface area contributed by atoms with Gasteiger partial charge in [0.15, 0.2) is 0 Å². The van der Waals surface area contributed by atoms with E-state index in [0.29, 0.717) is 36.9 Å². The third-order valence-electron chi connectivity index (χ3n) is 3.04. The van der Waals surface area contributed by atoms with Gasteiger partial charge < -0.3 is 5.73 Å². The Morgan fingerprint density at radius 3 is 2.33 bits per heavy atom. The zero-order valence-corrected chi connectivity index (χ0v) is 9.99. The Morgan fingerprint density at radius 1 is 1.17 bits per heavy atom. The molecule has 0 bridgehead atoms. The van der Waals surface area contributed by atoms with Crippen molar-refractivity contribution in [2.45, 2.75) is 32.2 Å². The second-order valence-corrected chi connectivity index (χ2v) is 4.43. The Labute approximate surface area is 105 Å². The number of nitrogens with two attached hydrogens (primary N) is 1. The van der Waals surface area contributed by atoms with Crippen LogP contribution in [0.3, 0.4) is 0 Å². The van der Waals surface area contributed by atoms with Gasteiger partial charge in [-0.1, -0.05) is 6.07 Å². The number of carbonyl (C=O) groups is 2. The van der Waals surface area contributed by atoms with Crippen LogP contribution in [0.15, 0.2) is 18.2 Å². The van der Waals surface area contributed by atoms with Gasteiger partial charge in [-0.2, -0.15) is 0 Å². The number of imide groups is 1. The molecule has 1 aromatic carbocycles. The van der Waals surface area contributed by atoms with Crippen molar-refractivity contribution in [1.29, 1.82) is 0 Å². The predicted octanol–water partition coefficient (Wildman–Crippen LogP) is 1.84. The molecule has 2 N–H and O–H groups in total. The number of amides is 2. The van der Waals surface area contributed by atoms with E-state index in [1.54, 1.807) is 6.07 Å². The average molecular weight is 250 g/mol. The first-order valence-electron chi connectivity index (χ1n) is 5.95. The Balaban J connectivity index is 2.20. The summed E-state index contributed by atoms with van der Waals surface area (Å²) in [6, 6.07) is 4.27. The molecule has 1 fully saturated rings. The molecule has 0 atom stereocenters. The Kier molecular flexibility index (Phi) is 3.60. The average Bonchev–Trinajstić information content (AvgIpc) is 2.47. The van der Waals surface area contributed by atoms with Crippen LogP contribution >= 0.6 is 0 Å². The van der Waals surface area contributed by atoms with E-state index in [1.165, 1.54) is 12.1 Å². The maximum absolute atomic E-state index is 13.6. The number of carbonyl (C=O) groups excluding carboxylic acids is 2. The fourth-order valence-corrected chi connectivity index (χ4v) is 2.00. The van der Waals surface area contributed by atoms with Crippen LogP contribution in [-0.4, -0.2) is 16.7 Å². The summed E-state index contributed by atoms with van der Waals surface area (Å²) in [6.45, 7) is -0.0101. The summed E-state index contributed by atoms with van der Waals surface area (Å²) in [6.07, 6.45) is 2.13. The molecule has 0 aliphatic carbocycles. The molecule has 0 spiro atoms. The number of rotatable bonds is 2. The molecule has 1 aromatic rings. The number of likely N-dealkylation sites (tertiary alicyclic amines) is 1. The number of nitrogen functional groups attached to an aromatic ring is 1. The zero-order chi connectivity index (χ0) is 13.1. The van der Waals surface area contributed by atoms with Crippen molar-refractivity contribution in [2.75, 3.05) is 5.73 Å². The Hall–Kier alpha value is -1.91. The molecule has 4 nitrogen and oxygen atoms in total. The van der Waals surface area contributed by atoms with Crippen LogP contribution < -0.4 is 5.73 Å². The summed E-state index contributed by atoms with van der Waals surface area (Å²) >= 11 is 0. The summed E-state index contributed by atoms with van der Waals surface area (Å²) in [4.78, 5) is 24.7. The Morgan fingerprint density at radius 2 is 1.78 bits per heavy atom. The molecule has 0 aromatic heterocycles. The molecule has 0 radical (unpaired) electrons. The van der Waals surface area contributed by atoms with Gasteiger partial charge in [-0.05, 0) is 25.0 Å². The van der Waals surface area contributed by atoms with Gasteiger partial charge in [-0.3, -0.25) is 14.5 Å². The van der Waals surface area contributed by atoms with Gasteiger partial charge in [0, 0.05) is 24.1 Å². The van der Waals surface area contributed by atoms with Crippen molar-refractivity contribution in [2.24, 2.45) is 0 Å². The summed E-state index contributed by atoms with van der Waals surface area (Å²) < 4.78 is 13.6. The molecule has 96 valence electrons. The number of hydrogen-bond acceptors (Lipinski definition) is 3. The maximum Gasteiger partial charge on any atom is 0.229 e. The first-order chi connectivity index (χ1) is 8.58. The van der Waals surface area contributed by atoms with Crippen molar-refractivity contribution in [3.8, 4) is 0 Å². The monoisotopic (exact) mass is 250 g/mol. The van der Waals surface area contributed by atoms with Crippen LogP contribution in [0.25, 0.3) is 0 Å².